The fourth-order valence-corrected chi connectivity index (χ4v) is 2.92. The van der Waals surface area contributed by atoms with Crippen LogP contribution in [0.1, 0.15) is 10.4 Å². The third-order valence-electron chi connectivity index (χ3n) is 2.72. The van der Waals surface area contributed by atoms with Gasteiger partial charge in [0.1, 0.15) is 11.4 Å². The molecule has 0 unspecified atom stereocenters. The Bertz CT molecular complexity index is 468. The van der Waals surface area contributed by atoms with Crippen molar-refractivity contribution in [2.75, 3.05) is 29.5 Å². The quantitative estimate of drug-likeness (QED) is 0.861. The summed E-state index contributed by atoms with van der Waals surface area (Å²) in [6.45, 7) is 0.993. The number of hydrogen-bond donors (Lipinski definition) is 1. The first-order chi connectivity index (χ1) is 8.09. The van der Waals surface area contributed by atoms with Gasteiger partial charge in [-0.3, -0.25) is 4.21 Å². The minimum atomic E-state index is -1.27. The number of rotatable bonds is 2. The van der Waals surface area contributed by atoms with Crippen LogP contribution in [0.3, 0.4) is 0 Å². The van der Waals surface area contributed by atoms with E-state index in [4.69, 9.17) is 5.11 Å². The molecule has 0 amide bonds. The molecular weight excluding hydrogens is 245 g/mol. The van der Waals surface area contributed by atoms with Crippen molar-refractivity contribution in [3.05, 3.63) is 29.6 Å². The summed E-state index contributed by atoms with van der Waals surface area (Å²) < 4.78 is 24.7. The number of hydrogen-bond acceptors (Lipinski definition) is 3. The molecule has 0 spiro atoms. The molecule has 1 aromatic carbocycles. The van der Waals surface area contributed by atoms with Crippen LogP contribution in [-0.4, -0.2) is 39.9 Å². The highest BCUT2D eigenvalue weighted by Crippen LogP contribution is 2.24. The SMILES string of the molecule is O=C(O)c1c(F)cccc1N1CCS(=O)CC1. The van der Waals surface area contributed by atoms with Gasteiger partial charge in [0.25, 0.3) is 0 Å². The predicted molar refractivity (Wildman–Crippen MR) is 63.4 cm³/mol. The Morgan fingerprint density at radius 1 is 1.35 bits per heavy atom. The molecule has 1 heterocycles. The van der Waals surface area contributed by atoms with Crippen molar-refractivity contribution in [3.8, 4) is 0 Å². The van der Waals surface area contributed by atoms with Gasteiger partial charge in [-0.05, 0) is 12.1 Å². The summed E-state index contributed by atoms with van der Waals surface area (Å²) in [4.78, 5) is 12.8. The van der Waals surface area contributed by atoms with E-state index in [2.05, 4.69) is 0 Å². The number of aromatic carboxylic acids is 1. The highest BCUT2D eigenvalue weighted by atomic mass is 32.2. The molecular formula is C11H12FNO3S. The Kier molecular flexibility index (Phi) is 3.42. The van der Waals surface area contributed by atoms with Crippen LogP contribution in [0.4, 0.5) is 10.1 Å². The van der Waals surface area contributed by atoms with Crippen molar-refractivity contribution in [1.82, 2.24) is 0 Å². The minimum absolute atomic E-state index is 0.305. The number of nitrogens with zero attached hydrogens (tertiary/aromatic N) is 1. The summed E-state index contributed by atoms with van der Waals surface area (Å²) in [5, 5.41) is 9.00. The largest absolute Gasteiger partial charge is 0.478 e. The molecule has 1 aliphatic rings. The summed E-state index contributed by atoms with van der Waals surface area (Å²) in [6.07, 6.45) is 0. The van der Waals surface area contributed by atoms with Crippen molar-refractivity contribution in [1.29, 1.82) is 0 Å². The molecule has 2 rings (SSSR count). The third kappa shape index (κ3) is 2.46. The zero-order valence-corrected chi connectivity index (χ0v) is 9.87. The molecule has 1 saturated heterocycles. The van der Waals surface area contributed by atoms with E-state index in [1.807, 2.05) is 0 Å². The van der Waals surface area contributed by atoms with E-state index in [-0.39, 0.29) is 5.56 Å². The zero-order chi connectivity index (χ0) is 12.4. The van der Waals surface area contributed by atoms with Gasteiger partial charge in [-0.15, -0.1) is 0 Å². The van der Waals surface area contributed by atoms with Crippen LogP contribution in [0.15, 0.2) is 18.2 Å². The normalized spacial score (nSPS) is 17.1. The van der Waals surface area contributed by atoms with Crippen LogP contribution < -0.4 is 4.90 Å². The second-order valence-corrected chi connectivity index (χ2v) is 5.47. The Balaban J connectivity index is 2.35. The summed E-state index contributed by atoms with van der Waals surface area (Å²) in [6, 6.07) is 4.21. The number of carbonyl (C=O) groups is 1. The number of carboxylic acids is 1. The van der Waals surface area contributed by atoms with Crippen molar-refractivity contribution >= 4 is 22.5 Å². The molecule has 0 aliphatic carbocycles. The Labute approximate surface area is 101 Å². The molecule has 1 aliphatic heterocycles. The Morgan fingerprint density at radius 3 is 2.59 bits per heavy atom. The van der Waals surface area contributed by atoms with E-state index in [9.17, 15) is 13.4 Å². The molecule has 0 radical (unpaired) electrons. The predicted octanol–water partition coefficient (Wildman–Crippen LogP) is 1.09. The van der Waals surface area contributed by atoms with Crippen molar-refractivity contribution in [3.63, 3.8) is 0 Å². The molecule has 0 atom stereocenters. The lowest BCUT2D eigenvalue weighted by Gasteiger charge is -2.29. The van der Waals surface area contributed by atoms with E-state index < -0.39 is 22.6 Å². The van der Waals surface area contributed by atoms with Crippen molar-refractivity contribution < 1.29 is 18.5 Å². The summed E-state index contributed by atoms with van der Waals surface area (Å²) >= 11 is 0. The smallest absolute Gasteiger partial charge is 0.340 e. The van der Waals surface area contributed by atoms with Crippen LogP contribution in [0.25, 0.3) is 0 Å². The topological polar surface area (TPSA) is 57.6 Å². The molecule has 0 aromatic heterocycles. The summed E-state index contributed by atoms with van der Waals surface area (Å²) in [5.41, 5.74) is 0.0642. The second kappa shape index (κ2) is 4.83. The number of anilines is 1. The maximum Gasteiger partial charge on any atom is 0.340 e. The summed E-state index contributed by atoms with van der Waals surface area (Å²) in [5.74, 6) is -1.02. The van der Waals surface area contributed by atoms with Gasteiger partial charge in [-0.25, -0.2) is 9.18 Å². The van der Waals surface area contributed by atoms with E-state index in [0.717, 1.165) is 6.07 Å². The molecule has 0 saturated carbocycles. The van der Waals surface area contributed by atoms with Gasteiger partial charge in [-0.2, -0.15) is 0 Å². The fourth-order valence-electron chi connectivity index (χ4n) is 1.87. The average molecular weight is 257 g/mol. The first-order valence-electron chi connectivity index (χ1n) is 5.21. The first kappa shape index (κ1) is 12.0. The molecule has 0 bridgehead atoms. The van der Waals surface area contributed by atoms with Gasteiger partial charge in [0.05, 0.1) is 5.69 Å². The highest BCUT2D eigenvalue weighted by Gasteiger charge is 2.23. The zero-order valence-electron chi connectivity index (χ0n) is 9.06. The number of carboxylic acid groups (broad SMARTS) is 1. The standard InChI is InChI=1S/C11H12FNO3S/c12-8-2-1-3-9(10(8)11(14)15)13-4-6-17(16)7-5-13/h1-3H,4-7H2,(H,14,15). The Morgan fingerprint density at radius 2 is 2.00 bits per heavy atom. The monoisotopic (exact) mass is 257 g/mol. The fraction of sp³-hybridized carbons (Fsp3) is 0.364. The maximum atomic E-state index is 13.5. The van der Waals surface area contributed by atoms with Gasteiger partial charge in [0.2, 0.25) is 0 Å². The minimum Gasteiger partial charge on any atom is -0.478 e. The Hall–Kier alpha value is -1.43. The van der Waals surface area contributed by atoms with Gasteiger partial charge in [0, 0.05) is 35.4 Å². The van der Waals surface area contributed by atoms with Gasteiger partial charge < -0.3 is 10.0 Å². The van der Waals surface area contributed by atoms with E-state index >= 15 is 0 Å². The first-order valence-corrected chi connectivity index (χ1v) is 6.70. The maximum absolute atomic E-state index is 13.5. The number of halogens is 1. The van der Waals surface area contributed by atoms with Gasteiger partial charge in [-0.1, -0.05) is 6.07 Å². The molecule has 4 nitrogen and oxygen atoms in total. The van der Waals surface area contributed by atoms with Gasteiger partial charge >= 0.3 is 5.97 Å². The molecule has 1 aromatic rings. The molecule has 1 N–H and O–H groups in total. The molecule has 1 fully saturated rings. The van der Waals surface area contributed by atoms with Crippen LogP contribution in [0.2, 0.25) is 0 Å². The van der Waals surface area contributed by atoms with E-state index in [1.165, 1.54) is 6.07 Å². The van der Waals surface area contributed by atoms with Crippen LogP contribution in [0, 0.1) is 5.82 Å². The summed E-state index contributed by atoms with van der Waals surface area (Å²) in [7, 11) is -0.840. The van der Waals surface area contributed by atoms with Gasteiger partial charge in [0.15, 0.2) is 0 Å². The van der Waals surface area contributed by atoms with E-state index in [1.54, 1.807) is 11.0 Å². The lowest BCUT2D eigenvalue weighted by atomic mass is 10.1. The van der Waals surface area contributed by atoms with Crippen LogP contribution in [-0.2, 0) is 10.8 Å². The third-order valence-corrected chi connectivity index (χ3v) is 4.00. The molecule has 17 heavy (non-hydrogen) atoms. The van der Waals surface area contributed by atoms with Crippen LogP contribution in [0.5, 0.6) is 0 Å². The van der Waals surface area contributed by atoms with Crippen LogP contribution >= 0.6 is 0 Å². The highest BCUT2D eigenvalue weighted by molar-refractivity contribution is 7.85. The van der Waals surface area contributed by atoms with Crippen molar-refractivity contribution in [2.24, 2.45) is 0 Å². The lowest BCUT2D eigenvalue weighted by molar-refractivity contribution is 0.0692. The van der Waals surface area contributed by atoms with Crippen molar-refractivity contribution in [2.45, 2.75) is 0 Å². The molecule has 92 valence electrons. The molecule has 6 heteroatoms. The number of benzene rings is 1. The lowest BCUT2D eigenvalue weighted by Crippen LogP contribution is -2.38. The second-order valence-electron chi connectivity index (χ2n) is 3.77. The average Bonchev–Trinajstić information content (AvgIpc) is 2.29. The van der Waals surface area contributed by atoms with E-state index in [0.29, 0.717) is 30.3 Å².